The van der Waals surface area contributed by atoms with E-state index in [2.05, 4.69) is 24.1 Å². The average molecular weight is 280 g/mol. The van der Waals surface area contributed by atoms with E-state index in [4.69, 9.17) is 5.73 Å². The van der Waals surface area contributed by atoms with Crippen molar-refractivity contribution in [3.8, 4) is 0 Å². The summed E-state index contributed by atoms with van der Waals surface area (Å²) in [5.41, 5.74) is 5.42. The fraction of sp³-hybridized carbons (Fsp3) is 0.714. The first kappa shape index (κ1) is 14.7. The molecule has 1 aromatic heterocycles. The standard InChI is InChI=1S/C14H24N4O2/c1-4-18-12(15)11(13(19)17-14(18)20)16-10-6-5-8(2)7-9(10)3/h8-10,16H,4-7,15H2,1-3H3,(H,17,19,20). The van der Waals surface area contributed by atoms with E-state index >= 15 is 0 Å². The van der Waals surface area contributed by atoms with Crippen LogP contribution in [0.1, 0.15) is 40.0 Å². The largest absolute Gasteiger partial charge is 0.383 e. The number of anilines is 2. The summed E-state index contributed by atoms with van der Waals surface area (Å²) in [6.07, 6.45) is 3.31. The van der Waals surface area contributed by atoms with Crippen molar-refractivity contribution in [2.24, 2.45) is 11.8 Å². The molecule has 0 aliphatic heterocycles. The molecule has 3 unspecified atom stereocenters. The number of H-pyrrole nitrogens is 1. The molecule has 112 valence electrons. The third kappa shape index (κ3) is 2.73. The van der Waals surface area contributed by atoms with Crippen LogP contribution in [-0.2, 0) is 6.54 Å². The van der Waals surface area contributed by atoms with Crippen LogP contribution in [0.3, 0.4) is 0 Å². The maximum Gasteiger partial charge on any atom is 0.330 e. The van der Waals surface area contributed by atoms with Crippen LogP contribution < -0.4 is 22.3 Å². The van der Waals surface area contributed by atoms with Crippen molar-refractivity contribution in [3.05, 3.63) is 20.8 Å². The lowest BCUT2D eigenvalue weighted by Crippen LogP contribution is -2.39. The van der Waals surface area contributed by atoms with Crippen LogP contribution in [0.15, 0.2) is 9.59 Å². The Balaban J connectivity index is 2.30. The third-order valence-corrected chi connectivity index (χ3v) is 4.32. The van der Waals surface area contributed by atoms with E-state index < -0.39 is 11.2 Å². The molecule has 1 aliphatic carbocycles. The minimum Gasteiger partial charge on any atom is -0.383 e. The van der Waals surface area contributed by atoms with E-state index in [0.29, 0.717) is 18.2 Å². The van der Waals surface area contributed by atoms with Gasteiger partial charge in [-0.3, -0.25) is 14.3 Å². The predicted octanol–water partition coefficient (Wildman–Crippen LogP) is 1.38. The second-order valence-electron chi connectivity index (χ2n) is 5.91. The Kier molecular flexibility index (Phi) is 4.20. The molecule has 0 radical (unpaired) electrons. The Morgan fingerprint density at radius 2 is 2.05 bits per heavy atom. The molecule has 0 amide bonds. The van der Waals surface area contributed by atoms with Crippen molar-refractivity contribution < 1.29 is 0 Å². The number of aromatic nitrogens is 2. The zero-order valence-corrected chi connectivity index (χ0v) is 12.4. The van der Waals surface area contributed by atoms with Gasteiger partial charge in [0.1, 0.15) is 11.5 Å². The molecule has 2 rings (SSSR count). The first-order valence-electron chi connectivity index (χ1n) is 7.33. The van der Waals surface area contributed by atoms with Gasteiger partial charge in [-0.2, -0.15) is 0 Å². The maximum atomic E-state index is 12.0. The lowest BCUT2D eigenvalue weighted by molar-refractivity contribution is 0.276. The molecule has 1 fully saturated rings. The quantitative estimate of drug-likeness (QED) is 0.779. The SMILES string of the molecule is CCn1c(N)c(NC2CCC(C)CC2C)c(=O)[nH]c1=O. The molecule has 0 aromatic carbocycles. The number of nitrogens with one attached hydrogen (secondary N) is 2. The highest BCUT2D eigenvalue weighted by Crippen LogP contribution is 2.30. The highest BCUT2D eigenvalue weighted by Gasteiger charge is 2.26. The van der Waals surface area contributed by atoms with Crippen molar-refractivity contribution in [1.29, 1.82) is 0 Å². The molecule has 1 saturated carbocycles. The van der Waals surface area contributed by atoms with E-state index in [1.165, 1.54) is 4.57 Å². The minimum absolute atomic E-state index is 0.229. The van der Waals surface area contributed by atoms with Gasteiger partial charge < -0.3 is 11.1 Å². The fourth-order valence-electron chi connectivity index (χ4n) is 3.11. The van der Waals surface area contributed by atoms with Crippen molar-refractivity contribution in [2.45, 2.75) is 52.6 Å². The Hall–Kier alpha value is -1.72. The highest BCUT2D eigenvalue weighted by molar-refractivity contribution is 5.61. The summed E-state index contributed by atoms with van der Waals surface area (Å²) in [7, 11) is 0. The Bertz CT molecular complexity index is 590. The van der Waals surface area contributed by atoms with Crippen molar-refractivity contribution >= 4 is 11.5 Å². The van der Waals surface area contributed by atoms with E-state index in [1.807, 2.05) is 6.92 Å². The van der Waals surface area contributed by atoms with Crippen LogP contribution in [0.2, 0.25) is 0 Å². The number of aromatic amines is 1. The molecule has 20 heavy (non-hydrogen) atoms. The van der Waals surface area contributed by atoms with Crippen LogP contribution in [0.4, 0.5) is 11.5 Å². The summed E-state index contributed by atoms with van der Waals surface area (Å²) in [4.78, 5) is 25.9. The molecule has 3 atom stereocenters. The number of hydrogen-bond donors (Lipinski definition) is 3. The molecular formula is C14H24N4O2. The van der Waals surface area contributed by atoms with Gasteiger partial charge in [0.15, 0.2) is 0 Å². The van der Waals surface area contributed by atoms with Gasteiger partial charge in [0.05, 0.1) is 0 Å². The Labute approximate surface area is 118 Å². The van der Waals surface area contributed by atoms with Gasteiger partial charge in [-0.1, -0.05) is 13.8 Å². The molecule has 1 aliphatic rings. The zero-order valence-electron chi connectivity index (χ0n) is 12.4. The Morgan fingerprint density at radius 1 is 1.35 bits per heavy atom. The number of nitrogen functional groups attached to an aromatic ring is 1. The van der Waals surface area contributed by atoms with Crippen molar-refractivity contribution in [1.82, 2.24) is 9.55 Å². The van der Waals surface area contributed by atoms with Crippen LogP contribution in [0, 0.1) is 11.8 Å². The second kappa shape index (κ2) is 5.73. The Morgan fingerprint density at radius 3 is 2.65 bits per heavy atom. The van der Waals surface area contributed by atoms with Crippen LogP contribution in [0.5, 0.6) is 0 Å². The van der Waals surface area contributed by atoms with Gasteiger partial charge in [-0.05, 0) is 38.0 Å². The number of hydrogen-bond acceptors (Lipinski definition) is 4. The number of rotatable bonds is 3. The summed E-state index contributed by atoms with van der Waals surface area (Å²) >= 11 is 0. The predicted molar refractivity (Wildman–Crippen MR) is 81.0 cm³/mol. The van der Waals surface area contributed by atoms with E-state index in [0.717, 1.165) is 25.2 Å². The van der Waals surface area contributed by atoms with E-state index in [-0.39, 0.29) is 11.9 Å². The molecule has 6 heteroatoms. The lowest BCUT2D eigenvalue weighted by atomic mass is 9.80. The van der Waals surface area contributed by atoms with E-state index in [1.54, 1.807) is 0 Å². The average Bonchev–Trinajstić information content (AvgIpc) is 2.37. The van der Waals surface area contributed by atoms with Crippen molar-refractivity contribution in [2.75, 3.05) is 11.1 Å². The zero-order chi connectivity index (χ0) is 14.9. The molecule has 4 N–H and O–H groups in total. The van der Waals surface area contributed by atoms with Gasteiger partial charge in [0.2, 0.25) is 0 Å². The highest BCUT2D eigenvalue weighted by atomic mass is 16.2. The molecule has 0 spiro atoms. The number of nitrogens with two attached hydrogens (primary N) is 1. The van der Waals surface area contributed by atoms with Gasteiger partial charge in [-0.25, -0.2) is 4.79 Å². The topological polar surface area (TPSA) is 92.9 Å². The first-order valence-corrected chi connectivity index (χ1v) is 7.33. The summed E-state index contributed by atoms with van der Waals surface area (Å²) in [6.45, 7) is 6.71. The maximum absolute atomic E-state index is 12.0. The van der Waals surface area contributed by atoms with E-state index in [9.17, 15) is 9.59 Å². The third-order valence-electron chi connectivity index (χ3n) is 4.32. The van der Waals surface area contributed by atoms with Gasteiger partial charge in [-0.15, -0.1) is 0 Å². The molecule has 1 heterocycles. The molecule has 0 bridgehead atoms. The molecule has 1 aromatic rings. The van der Waals surface area contributed by atoms with Crippen LogP contribution in [0.25, 0.3) is 0 Å². The monoisotopic (exact) mass is 280 g/mol. The summed E-state index contributed by atoms with van der Waals surface area (Å²) in [5, 5.41) is 3.26. The van der Waals surface area contributed by atoms with Crippen LogP contribution in [-0.4, -0.2) is 15.6 Å². The fourth-order valence-corrected chi connectivity index (χ4v) is 3.11. The second-order valence-corrected chi connectivity index (χ2v) is 5.91. The molecule has 6 nitrogen and oxygen atoms in total. The normalized spacial score (nSPS) is 26.4. The smallest absolute Gasteiger partial charge is 0.330 e. The summed E-state index contributed by atoms with van der Waals surface area (Å²) < 4.78 is 1.37. The molecular weight excluding hydrogens is 256 g/mol. The first-order chi connectivity index (χ1) is 9.43. The van der Waals surface area contributed by atoms with Crippen LogP contribution >= 0.6 is 0 Å². The van der Waals surface area contributed by atoms with Gasteiger partial charge in [0, 0.05) is 12.6 Å². The number of nitrogens with zero attached hydrogens (tertiary/aromatic N) is 1. The van der Waals surface area contributed by atoms with Gasteiger partial charge in [0.25, 0.3) is 5.56 Å². The lowest BCUT2D eigenvalue weighted by Gasteiger charge is -2.33. The molecule has 0 saturated heterocycles. The van der Waals surface area contributed by atoms with Gasteiger partial charge >= 0.3 is 5.69 Å². The van der Waals surface area contributed by atoms with Crippen molar-refractivity contribution in [3.63, 3.8) is 0 Å². The minimum atomic E-state index is -0.453. The summed E-state index contributed by atoms with van der Waals surface area (Å²) in [5.74, 6) is 1.44. The summed E-state index contributed by atoms with van der Waals surface area (Å²) in [6, 6.07) is 0.234.